The van der Waals surface area contributed by atoms with Crippen LogP contribution in [0.2, 0.25) is 0 Å². The van der Waals surface area contributed by atoms with Crippen LogP contribution in [0.25, 0.3) is 0 Å². The van der Waals surface area contributed by atoms with Crippen LogP contribution in [0, 0.1) is 0 Å². The van der Waals surface area contributed by atoms with Gasteiger partial charge in [-0.1, -0.05) is 6.07 Å². The number of nitrogens with two attached hydrogens (primary N) is 1. The van der Waals surface area contributed by atoms with Gasteiger partial charge < -0.3 is 5.73 Å². The second kappa shape index (κ2) is 4.04. The molecule has 2 heterocycles. The van der Waals surface area contributed by atoms with Crippen molar-refractivity contribution in [1.29, 1.82) is 0 Å². The highest BCUT2D eigenvalue weighted by molar-refractivity contribution is 7.10. The first-order chi connectivity index (χ1) is 6.79. The molecule has 72 valence electrons. The van der Waals surface area contributed by atoms with Crippen molar-refractivity contribution >= 4 is 28.5 Å². The molecule has 0 bridgehead atoms. The maximum Gasteiger partial charge on any atom is 0.185 e. The molecule has 1 atom stereocenters. The van der Waals surface area contributed by atoms with E-state index in [0.29, 0.717) is 5.56 Å². The third-order valence-electron chi connectivity index (χ3n) is 1.94. The van der Waals surface area contributed by atoms with Gasteiger partial charge in [0.25, 0.3) is 0 Å². The van der Waals surface area contributed by atoms with E-state index >= 15 is 0 Å². The van der Waals surface area contributed by atoms with E-state index in [4.69, 9.17) is 5.73 Å². The Labute approximate surface area is 90.0 Å². The largest absolute Gasteiger partial charge is 0.317 e. The van der Waals surface area contributed by atoms with Crippen molar-refractivity contribution in [3.05, 3.63) is 44.8 Å². The monoisotopic (exact) mass is 223 g/mol. The number of carbonyl (C=O) groups excluding carboxylic acids is 1. The Kier molecular flexibility index (Phi) is 2.77. The molecule has 0 aliphatic heterocycles. The molecule has 2 rings (SSSR count). The summed E-state index contributed by atoms with van der Waals surface area (Å²) in [4.78, 5) is 12.7. The first-order valence-corrected chi connectivity index (χ1v) is 5.96. The van der Waals surface area contributed by atoms with Gasteiger partial charge in [0.15, 0.2) is 5.78 Å². The predicted octanol–water partition coefficient (Wildman–Crippen LogP) is 2.69. The minimum absolute atomic E-state index is 0.00583. The van der Waals surface area contributed by atoms with Crippen LogP contribution in [-0.2, 0) is 0 Å². The molecule has 2 N–H and O–H groups in total. The molecule has 0 saturated carbocycles. The molecule has 14 heavy (non-hydrogen) atoms. The van der Waals surface area contributed by atoms with Gasteiger partial charge in [0.1, 0.15) is 6.04 Å². The van der Waals surface area contributed by atoms with Gasteiger partial charge in [-0.25, -0.2) is 0 Å². The average molecular weight is 223 g/mol. The molecule has 0 aliphatic carbocycles. The fourth-order valence-corrected chi connectivity index (χ4v) is 2.55. The third-order valence-corrected chi connectivity index (χ3v) is 3.58. The zero-order valence-electron chi connectivity index (χ0n) is 7.34. The number of carbonyl (C=O) groups is 1. The quantitative estimate of drug-likeness (QED) is 0.813. The lowest BCUT2D eigenvalue weighted by atomic mass is 10.1. The van der Waals surface area contributed by atoms with Gasteiger partial charge in [0.05, 0.1) is 0 Å². The maximum absolute atomic E-state index is 11.8. The Bertz CT molecular complexity index is 405. The summed E-state index contributed by atoms with van der Waals surface area (Å²) in [7, 11) is 0. The van der Waals surface area contributed by atoms with Crippen LogP contribution in [0.5, 0.6) is 0 Å². The normalized spacial score (nSPS) is 12.6. The van der Waals surface area contributed by atoms with E-state index in [1.54, 1.807) is 6.07 Å². The molecule has 0 spiro atoms. The van der Waals surface area contributed by atoms with E-state index in [2.05, 4.69) is 0 Å². The second-order valence-electron chi connectivity index (χ2n) is 2.87. The summed E-state index contributed by atoms with van der Waals surface area (Å²) in [6.45, 7) is 0. The number of hydrogen-bond acceptors (Lipinski definition) is 4. The van der Waals surface area contributed by atoms with Crippen LogP contribution in [0.15, 0.2) is 34.3 Å². The van der Waals surface area contributed by atoms with E-state index in [-0.39, 0.29) is 5.78 Å². The fourth-order valence-electron chi connectivity index (χ4n) is 1.18. The lowest BCUT2D eigenvalue weighted by Gasteiger charge is -2.06. The number of Topliss-reactive ketones (excluding diaryl/α,β-unsaturated/α-hetero) is 1. The molecule has 0 amide bonds. The highest BCUT2D eigenvalue weighted by atomic mass is 32.1. The van der Waals surface area contributed by atoms with Crippen LogP contribution in [0.4, 0.5) is 0 Å². The molecule has 2 aromatic rings. The standard InChI is InChI=1S/C10H9NOS2/c11-9(8-2-1-4-14-8)10(12)7-3-5-13-6-7/h1-6,9H,11H2. The predicted molar refractivity (Wildman–Crippen MR) is 59.9 cm³/mol. The zero-order chi connectivity index (χ0) is 9.97. The molecule has 0 saturated heterocycles. The van der Waals surface area contributed by atoms with Gasteiger partial charge in [-0.15, -0.1) is 11.3 Å². The molecule has 0 fully saturated rings. The van der Waals surface area contributed by atoms with E-state index in [9.17, 15) is 4.79 Å². The van der Waals surface area contributed by atoms with Crippen molar-refractivity contribution in [2.45, 2.75) is 6.04 Å². The van der Waals surface area contributed by atoms with E-state index in [1.807, 2.05) is 28.3 Å². The first kappa shape index (κ1) is 9.58. The summed E-state index contributed by atoms with van der Waals surface area (Å²) < 4.78 is 0. The highest BCUT2D eigenvalue weighted by Crippen LogP contribution is 2.21. The minimum atomic E-state index is -0.510. The fraction of sp³-hybridized carbons (Fsp3) is 0.100. The number of ketones is 1. The summed E-state index contributed by atoms with van der Waals surface area (Å²) in [5.41, 5.74) is 6.54. The van der Waals surface area contributed by atoms with Crippen LogP contribution in [0.1, 0.15) is 21.3 Å². The molecule has 0 aromatic carbocycles. The summed E-state index contributed by atoms with van der Waals surface area (Å²) in [6, 6.07) is 5.09. The van der Waals surface area contributed by atoms with E-state index in [0.717, 1.165) is 4.88 Å². The number of thiophene rings is 2. The van der Waals surface area contributed by atoms with Gasteiger partial charge in [0.2, 0.25) is 0 Å². The first-order valence-electron chi connectivity index (χ1n) is 4.14. The number of hydrogen-bond donors (Lipinski definition) is 1. The lowest BCUT2D eigenvalue weighted by molar-refractivity contribution is 0.0963. The molecule has 0 radical (unpaired) electrons. The summed E-state index contributed by atoms with van der Waals surface area (Å²) >= 11 is 3.02. The van der Waals surface area contributed by atoms with Gasteiger partial charge in [0, 0.05) is 15.8 Å². The summed E-state index contributed by atoms with van der Waals surface area (Å²) in [5.74, 6) is -0.00583. The van der Waals surface area contributed by atoms with Crippen LogP contribution < -0.4 is 5.73 Å². The van der Waals surface area contributed by atoms with Crippen molar-refractivity contribution in [2.75, 3.05) is 0 Å². The Morgan fingerprint density at radius 2 is 2.21 bits per heavy atom. The average Bonchev–Trinajstić information content (AvgIpc) is 2.87. The second-order valence-corrected chi connectivity index (χ2v) is 4.63. The molecular formula is C10H9NOS2. The van der Waals surface area contributed by atoms with Crippen molar-refractivity contribution in [3.63, 3.8) is 0 Å². The van der Waals surface area contributed by atoms with E-state index < -0.39 is 6.04 Å². The summed E-state index contributed by atoms with van der Waals surface area (Å²) in [6.07, 6.45) is 0. The van der Waals surface area contributed by atoms with Crippen LogP contribution in [-0.4, -0.2) is 5.78 Å². The Hall–Kier alpha value is -0.970. The van der Waals surface area contributed by atoms with Gasteiger partial charge >= 0.3 is 0 Å². The summed E-state index contributed by atoms with van der Waals surface area (Å²) in [5, 5.41) is 5.64. The molecule has 2 nitrogen and oxygen atoms in total. The van der Waals surface area contributed by atoms with Crippen molar-refractivity contribution < 1.29 is 4.79 Å². The molecular weight excluding hydrogens is 214 g/mol. The van der Waals surface area contributed by atoms with Crippen LogP contribution >= 0.6 is 22.7 Å². The van der Waals surface area contributed by atoms with Crippen molar-refractivity contribution in [2.24, 2.45) is 5.73 Å². The molecule has 1 unspecified atom stereocenters. The lowest BCUT2D eigenvalue weighted by Crippen LogP contribution is -2.19. The smallest absolute Gasteiger partial charge is 0.185 e. The Morgan fingerprint density at radius 3 is 2.79 bits per heavy atom. The van der Waals surface area contributed by atoms with Crippen molar-refractivity contribution in [1.82, 2.24) is 0 Å². The van der Waals surface area contributed by atoms with E-state index in [1.165, 1.54) is 22.7 Å². The Morgan fingerprint density at radius 1 is 1.36 bits per heavy atom. The highest BCUT2D eigenvalue weighted by Gasteiger charge is 2.18. The van der Waals surface area contributed by atoms with Crippen molar-refractivity contribution in [3.8, 4) is 0 Å². The minimum Gasteiger partial charge on any atom is -0.317 e. The maximum atomic E-state index is 11.8. The molecule has 4 heteroatoms. The van der Waals surface area contributed by atoms with Gasteiger partial charge in [-0.05, 0) is 22.9 Å². The van der Waals surface area contributed by atoms with Gasteiger partial charge in [-0.3, -0.25) is 4.79 Å². The number of rotatable bonds is 3. The Balaban J connectivity index is 2.21. The SMILES string of the molecule is NC(C(=O)c1ccsc1)c1cccs1. The topological polar surface area (TPSA) is 43.1 Å². The zero-order valence-corrected chi connectivity index (χ0v) is 8.98. The van der Waals surface area contributed by atoms with Crippen LogP contribution in [0.3, 0.4) is 0 Å². The third kappa shape index (κ3) is 1.77. The molecule has 2 aromatic heterocycles. The molecule has 0 aliphatic rings. The van der Waals surface area contributed by atoms with Gasteiger partial charge in [-0.2, -0.15) is 11.3 Å².